The predicted octanol–water partition coefficient (Wildman–Crippen LogP) is 6.97. The molecule has 2 heterocycles. The van der Waals surface area contributed by atoms with Gasteiger partial charge in [0.2, 0.25) is 11.8 Å². The molecule has 1 saturated carbocycles. The van der Waals surface area contributed by atoms with Crippen molar-refractivity contribution in [3.8, 4) is 11.3 Å². The third kappa shape index (κ3) is 4.59. The van der Waals surface area contributed by atoms with E-state index in [0.29, 0.717) is 45.4 Å². The zero-order valence-electron chi connectivity index (χ0n) is 24.2. The minimum absolute atomic E-state index is 0.121. The number of ketones is 1. The number of allylic oxidation sites excluding steroid dienone is 2. The Hall–Kier alpha value is -4.43. The van der Waals surface area contributed by atoms with Gasteiger partial charge >= 0.3 is 5.97 Å². The topological polar surface area (TPSA) is 93.6 Å². The summed E-state index contributed by atoms with van der Waals surface area (Å²) < 4.78 is 6.32. The molecule has 220 valence electrons. The molecular formula is C36H29BrN2O5. The van der Waals surface area contributed by atoms with E-state index < -0.39 is 5.97 Å². The molecule has 3 aromatic carbocycles. The number of aromatic nitrogens is 1. The summed E-state index contributed by atoms with van der Waals surface area (Å²) in [5.41, 5.74) is 5.37. The SMILES string of the molecule is CCc1cc(Br)cc2c(C(=O)OCC(=O)c3ccccc3)cc(-c3ccc(N4C(=O)C5C6C=C(C)C(C6)C5C4=O)cc3)nc12. The van der Waals surface area contributed by atoms with Gasteiger partial charge in [0.1, 0.15) is 0 Å². The second-order valence-corrected chi connectivity index (χ2v) is 12.7. The molecule has 2 bridgehead atoms. The number of hydrogen-bond donors (Lipinski definition) is 0. The maximum Gasteiger partial charge on any atom is 0.339 e. The number of carbonyl (C=O) groups excluding carboxylic acids is 4. The minimum Gasteiger partial charge on any atom is -0.454 e. The highest BCUT2D eigenvalue weighted by Gasteiger charge is 2.60. The Balaban J connectivity index is 1.21. The van der Waals surface area contributed by atoms with Gasteiger partial charge in [-0.15, -0.1) is 0 Å². The first-order chi connectivity index (χ1) is 21.2. The number of pyridine rings is 1. The Kier molecular flexibility index (Phi) is 7.04. The van der Waals surface area contributed by atoms with Gasteiger partial charge < -0.3 is 4.74 Å². The number of halogens is 1. The van der Waals surface area contributed by atoms with Crippen molar-refractivity contribution >= 4 is 56.1 Å². The Bertz CT molecular complexity index is 1900. The third-order valence-electron chi connectivity index (χ3n) is 9.29. The largest absolute Gasteiger partial charge is 0.454 e. The van der Waals surface area contributed by atoms with Crippen LogP contribution in [0, 0.1) is 23.7 Å². The predicted molar refractivity (Wildman–Crippen MR) is 170 cm³/mol. The van der Waals surface area contributed by atoms with Crippen molar-refractivity contribution in [1.29, 1.82) is 0 Å². The smallest absolute Gasteiger partial charge is 0.339 e. The van der Waals surface area contributed by atoms with Crippen molar-refractivity contribution in [3.63, 3.8) is 0 Å². The van der Waals surface area contributed by atoms with Crippen molar-refractivity contribution in [2.75, 3.05) is 11.5 Å². The lowest BCUT2D eigenvalue weighted by molar-refractivity contribution is -0.123. The number of imide groups is 1. The number of ether oxygens (including phenoxy) is 1. The average molecular weight is 650 g/mol. The van der Waals surface area contributed by atoms with Crippen LogP contribution in [-0.2, 0) is 20.7 Å². The van der Waals surface area contributed by atoms with E-state index in [1.54, 1.807) is 42.5 Å². The fourth-order valence-electron chi connectivity index (χ4n) is 7.17. The van der Waals surface area contributed by atoms with Crippen LogP contribution in [0.25, 0.3) is 22.2 Å². The molecule has 2 amide bonds. The van der Waals surface area contributed by atoms with Crippen LogP contribution in [0.2, 0.25) is 0 Å². The number of benzene rings is 3. The molecule has 7 rings (SSSR count). The van der Waals surface area contributed by atoms with Gasteiger partial charge in [-0.3, -0.25) is 19.3 Å². The molecule has 1 saturated heterocycles. The summed E-state index contributed by atoms with van der Waals surface area (Å²) in [6.07, 6.45) is 3.74. The lowest BCUT2D eigenvalue weighted by Gasteiger charge is -2.19. The summed E-state index contributed by atoms with van der Waals surface area (Å²) in [4.78, 5) is 59.2. The quantitative estimate of drug-likeness (QED) is 0.0930. The third-order valence-corrected chi connectivity index (χ3v) is 9.75. The molecule has 3 aliphatic rings. The fourth-order valence-corrected chi connectivity index (χ4v) is 7.68. The summed E-state index contributed by atoms with van der Waals surface area (Å²) in [6, 6.07) is 21.3. The molecule has 0 radical (unpaired) electrons. The Morgan fingerprint density at radius 3 is 2.43 bits per heavy atom. The normalized spacial score (nSPS) is 22.0. The van der Waals surface area contributed by atoms with E-state index in [-0.39, 0.29) is 47.9 Å². The van der Waals surface area contributed by atoms with Crippen LogP contribution in [0.4, 0.5) is 5.69 Å². The molecule has 44 heavy (non-hydrogen) atoms. The average Bonchev–Trinajstić information content (AvgIpc) is 3.68. The summed E-state index contributed by atoms with van der Waals surface area (Å²) in [5, 5.41) is 0.618. The van der Waals surface area contributed by atoms with Crippen LogP contribution in [0.3, 0.4) is 0 Å². The van der Waals surface area contributed by atoms with Crippen LogP contribution in [0.1, 0.15) is 46.5 Å². The van der Waals surface area contributed by atoms with Crippen molar-refractivity contribution in [2.45, 2.75) is 26.7 Å². The number of hydrogen-bond acceptors (Lipinski definition) is 6. The van der Waals surface area contributed by atoms with E-state index in [1.807, 2.05) is 37.3 Å². The Morgan fingerprint density at radius 2 is 1.70 bits per heavy atom. The molecule has 1 aliphatic heterocycles. The first-order valence-corrected chi connectivity index (χ1v) is 15.6. The first kappa shape index (κ1) is 28.3. The van der Waals surface area contributed by atoms with Gasteiger partial charge in [0, 0.05) is 21.0 Å². The molecule has 0 N–H and O–H groups in total. The summed E-state index contributed by atoms with van der Waals surface area (Å²) >= 11 is 3.55. The minimum atomic E-state index is -0.627. The molecule has 2 aliphatic carbocycles. The van der Waals surface area contributed by atoms with Crippen LogP contribution in [0.15, 0.2) is 88.9 Å². The van der Waals surface area contributed by atoms with E-state index in [0.717, 1.165) is 16.5 Å². The van der Waals surface area contributed by atoms with E-state index in [2.05, 4.69) is 28.9 Å². The maximum absolute atomic E-state index is 13.5. The Morgan fingerprint density at radius 1 is 0.977 bits per heavy atom. The highest BCUT2D eigenvalue weighted by atomic mass is 79.9. The van der Waals surface area contributed by atoms with Gasteiger partial charge in [0.15, 0.2) is 12.4 Å². The van der Waals surface area contributed by atoms with Gasteiger partial charge in [0.25, 0.3) is 0 Å². The lowest BCUT2D eigenvalue weighted by Crippen LogP contribution is -2.32. The first-order valence-electron chi connectivity index (χ1n) is 14.8. The molecule has 4 atom stereocenters. The van der Waals surface area contributed by atoms with Crippen molar-refractivity contribution in [1.82, 2.24) is 4.98 Å². The van der Waals surface area contributed by atoms with E-state index in [9.17, 15) is 19.2 Å². The van der Waals surface area contributed by atoms with Crippen LogP contribution in [0.5, 0.6) is 0 Å². The Labute approximate surface area is 263 Å². The monoisotopic (exact) mass is 648 g/mol. The van der Waals surface area contributed by atoms with E-state index >= 15 is 0 Å². The molecule has 7 nitrogen and oxygen atoms in total. The number of rotatable bonds is 7. The number of fused-ring (bicyclic) bond motifs is 6. The number of anilines is 1. The zero-order valence-corrected chi connectivity index (χ0v) is 25.8. The van der Waals surface area contributed by atoms with E-state index in [4.69, 9.17) is 9.72 Å². The summed E-state index contributed by atoms with van der Waals surface area (Å²) in [7, 11) is 0. The molecule has 4 aromatic rings. The van der Waals surface area contributed by atoms with Gasteiger partial charge in [0.05, 0.1) is 34.3 Å². The summed E-state index contributed by atoms with van der Waals surface area (Å²) in [6.45, 7) is 3.69. The van der Waals surface area contributed by atoms with Gasteiger partial charge in [-0.25, -0.2) is 9.78 Å². The zero-order chi connectivity index (χ0) is 30.7. The molecule has 1 aromatic heterocycles. The molecule has 0 spiro atoms. The van der Waals surface area contributed by atoms with Gasteiger partial charge in [-0.2, -0.15) is 0 Å². The highest BCUT2D eigenvalue weighted by Crippen LogP contribution is 2.56. The standard InChI is InChI=1S/C36H29BrN2O5/c1-3-20-14-24(37)16-27-28(36(43)44-18-30(40)22-7-5-4-6-8-22)17-29(38-33(20)27)21-9-11-25(12-10-21)39-34(41)31-23-13-19(2)26(15-23)32(31)35(39)42/h4-14,16-17,23,26,31-32H,3,15,18H2,1-2H3. The molecular weight excluding hydrogens is 620 g/mol. The van der Waals surface area contributed by atoms with Crippen molar-refractivity contribution in [2.24, 2.45) is 23.7 Å². The fraction of sp³-hybridized carbons (Fsp3) is 0.250. The van der Waals surface area contributed by atoms with Crippen LogP contribution in [-0.4, -0.2) is 35.2 Å². The summed E-state index contributed by atoms with van der Waals surface area (Å²) in [5.74, 6) is -1.41. The number of Topliss-reactive ketones (excluding diaryl/α,β-unsaturated/α-hetero) is 1. The second kappa shape index (κ2) is 10.9. The van der Waals surface area contributed by atoms with Crippen molar-refractivity contribution in [3.05, 3.63) is 106 Å². The highest BCUT2D eigenvalue weighted by molar-refractivity contribution is 9.10. The maximum atomic E-state index is 13.5. The van der Waals surface area contributed by atoms with Crippen molar-refractivity contribution < 1.29 is 23.9 Å². The number of aryl methyl sites for hydroxylation is 1. The van der Waals surface area contributed by atoms with Crippen LogP contribution >= 0.6 is 15.9 Å². The second-order valence-electron chi connectivity index (χ2n) is 11.8. The number of carbonyl (C=O) groups is 4. The van der Waals surface area contributed by atoms with E-state index in [1.165, 1.54) is 10.5 Å². The lowest BCUT2D eigenvalue weighted by atomic mass is 9.82. The van der Waals surface area contributed by atoms with Crippen LogP contribution < -0.4 is 4.90 Å². The number of esters is 1. The molecule has 2 fully saturated rings. The van der Waals surface area contributed by atoms with Gasteiger partial charge in [-0.05, 0) is 67.5 Å². The number of amides is 2. The molecule has 8 heteroatoms. The van der Waals surface area contributed by atoms with Gasteiger partial charge in [-0.1, -0.05) is 77.0 Å². The molecule has 4 unspecified atom stereocenters. The number of nitrogens with zero attached hydrogens (tertiary/aromatic N) is 2.